The molecule has 0 amide bonds. The van der Waals surface area contributed by atoms with E-state index in [4.69, 9.17) is 4.74 Å². The molecule has 0 unspecified atom stereocenters. The number of hydrogen-bond donors (Lipinski definition) is 0. The SMILES string of the molecule is C[C@@H]1CN(c2ccc(CBr)cc2C#N)C[C@H](C)O1. The molecule has 4 heteroatoms. The fourth-order valence-corrected chi connectivity index (χ4v) is 2.75. The molecule has 1 aliphatic heterocycles. The Labute approximate surface area is 116 Å². The van der Waals surface area contributed by atoms with E-state index in [0.717, 1.165) is 35.2 Å². The molecule has 0 saturated carbocycles. The van der Waals surface area contributed by atoms with Gasteiger partial charge >= 0.3 is 0 Å². The summed E-state index contributed by atoms with van der Waals surface area (Å²) in [5.74, 6) is 0. The third-order valence-corrected chi connectivity index (χ3v) is 3.74. The molecule has 0 radical (unpaired) electrons. The third kappa shape index (κ3) is 2.85. The van der Waals surface area contributed by atoms with Gasteiger partial charge in [0.25, 0.3) is 0 Å². The maximum Gasteiger partial charge on any atom is 0.101 e. The molecule has 0 spiro atoms. The summed E-state index contributed by atoms with van der Waals surface area (Å²) in [6.07, 6.45) is 0.410. The number of benzene rings is 1. The molecule has 1 saturated heterocycles. The lowest BCUT2D eigenvalue weighted by Gasteiger charge is -2.37. The Bertz CT molecular complexity index is 459. The Kier molecular flexibility index (Phi) is 4.26. The predicted octanol–water partition coefficient (Wildman–Crippen LogP) is 3.07. The second-order valence-corrected chi connectivity index (χ2v) is 5.32. The average molecular weight is 309 g/mol. The number of halogens is 1. The predicted molar refractivity (Wildman–Crippen MR) is 76.0 cm³/mol. The maximum absolute atomic E-state index is 9.28. The first-order chi connectivity index (χ1) is 8.63. The topological polar surface area (TPSA) is 36.3 Å². The van der Waals surface area contributed by atoms with Crippen LogP contribution in [0, 0.1) is 11.3 Å². The molecule has 1 aromatic rings. The largest absolute Gasteiger partial charge is 0.372 e. The van der Waals surface area contributed by atoms with Crippen molar-refractivity contribution in [2.75, 3.05) is 18.0 Å². The van der Waals surface area contributed by atoms with Crippen molar-refractivity contribution >= 4 is 21.6 Å². The number of ether oxygens (including phenoxy) is 1. The van der Waals surface area contributed by atoms with Gasteiger partial charge < -0.3 is 9.64 Å². The van der Waals surface area contributed by atoms with E-state index in [1.54, 1.807) is 0 Å². The van der Waals surface area contributed by atoms with Crippen molar-refractivity contribution < 1.29 is 4.74 Å². The normalized spacial score (nSPS) is 23.8. The fourth-order valence-electron chi connectivity index (χ4n) is 2.41. The molecule has 3 nitrogen and oxygen atoms in total. The van der Waals surface area contributed by atoms with E-state index < -0.39 is 0 Å². The second kappa shape index (κ2) is 5.73. The van der Waals surface area contributed by atoms with E-state index in [9.17, 15) is 5.26 Å². The number of hydrogen-bond acceptors (Lipinski definition) is 3. The number of nitriles is 1. The van der Waals surface area contributed by atoms with Crippen molar-refractivity contribution in [3.8, 4) is 6.07 Å². The quantitative estimate of drug-likeness (QED) is 0.788. The van der Waals surface area contributed by atoms with Gasteiger partial charge in [-0.3, -0.25) is 0 Å². The van der Waals surface area contributed by atoms with Gasteiger partial charge in [-0.25, -0.2) is 0 Å². The van der Waals surface area contributed by atoms with Gasteiger partial charge in [0.2, 0.25) is 0 Å². The van der Waals surface area contributed by atoms with Gasteiger partial charge in [0.1, 0.15) is 6.07 Å². The summed E-state index contributed by atoms with van der Waals surface area (Å²) >= 11 is 3.42. The smallest absolute Gasteiger partial charge is 0.101 e. The molecule has 0 aromatic heterocycles. The van der Waals surface area contributed by atoms with E-state index in [1.165, 1.54) is 0 Å². The van der Waals surface area contributed by atoms with Crippen LogP contribution in [0.15, 0.2) is 18.2 Å². The number of nitrogens with zero attached hydrogens (tertiary/aromatic N) is 2. The third-order valence-electron chi connectivity index (χ3n) is 3.10. The summed E-state index contributed by atoms with van der Waals surface area (Å²) < 4.78 is 5.72. The molecule has 1 aliphatic rings. The fraction of sp³-hybridized carbons (Fsp3) is 0.500. The molecule has 0 aliphatic carbocycles. The molecule has 96 valence electrons. The first-order valence-corrected chi connectivity index (χ1v) is 7.25. The zero-order valence-electron chi connectivity index (χ0n) is 10.7. The minimum Gasteiger partial charge on any atom is -0.372 e. The summed E-state index contributed by atoms with van der Waals surface area (Å²) in [4.78, 5) is 2.25. The number of anilines is 1. The van der Waals surface area contributed by atoms with Gasteiger partial charge in [-0.2, -0.15) is 5.26 Å². The minimum atomic E-state index is 0.205. The Morgan fingerprint density at radius 3 is 2.61 bits per heavy atom. The van der Waals surface area contributed by atoms with Gasteiger partial charge in [-0.05, 0) is 31.5 Å². The molecule has 18 heavy (non-hydrogen) atoms. The van der Waals surface area contributed by atoms with Crippen LogP contribution < -0.4 is 4.90 Å². The molecule has 1 heterocycles. The van der Waals surface area contributed by atoms with Crippen LogP contribution in [0.25, 0.3) is 0 Å². The van der Waals surface area contributed by atoms with Gasteiger partial charge in [-0.15, -0.1) is 0 Å². The van der Waals surface area contributed by atoms with E-state index in [2.05, 4.69) is 46.8 Å². The van der Waals surface area contributed by atoms with E-state index in [-0.39, 0.29) is 12.2 Å². The van der Waals surface area contributed by atoms with Crippen molar-refractivity contribution in [3.63, 3.8) is 0 Å². The second-order valence-electron chi connectivity index (χ2n) is 4.76. The molecule has 2 atom stereocenters. The van der Waals surface area contributed by atoms with E-state index >= 15 is 0 Å². The van der Waals surface area contributed by atoms with E-state index in [1.807, 2.05) is 12.1 Å². The van der Waals surface area contributed by atoms with Crippen LogP contribution >= 0.6 is 15.9 Å². The number of morpholine rings is 1. The van der Waals surface area contributed by atoms with Crippen LogP contribution in [-0.2, 0) is 10.1 Å². The lowest BCUT2D eigenvalue weighted by molar-refractivity contribution is -0.00522. The number of rotatable bonds is 2. The van der Waals surface area contributed by atoms with Crippen LogP contribution in [0.4, 0.5) is 5.69 Å². The lowest BCUT2D eigenvalue weighted by atomic mass is 10.1. The van der Waals surface area contributed by atoms with Gasteiger partial charge in [0.05, 0.1) is 23.5 Å². The first-order valence-electron chi connectivity index (χ1n) is 6.13. The molecule has 1 fully saturated rings. The van der Waals surface area contributed by atoms with Crippen molar-refractivity contribution in [2.24, 2.45) is 0 Å². The maximum atomic E-state index is 9.28. The summed E-state index contributed by atoms with van der Waals surface area (Å²) in [6.45, 7) is 5.82. The zero-order chi connectivity index (χ0) is 13.1. The highest BCUT2D eigenvalue weighted by Gasteiger charge is 2.23. The lowest BCUT2D eigenvalue weighted by Crippen LogP contribution is -2.45. The molecule has 1 aromatic carbocycles. The summed E-state index contributed by atoms with van der Waals surface area (Å²) in [7, 11) is 0. The van der Waals surface area contributed by atoms with Crippen molar-refractivity contribution in [3.05, 3.63) is 29.3 Å². The van der Waals surface area contributed by atoms with Crippen LogP contribution in [0.2, 0.25) is 0 Å². The Hall–Kier alpha value is -1.05. The van der Waals surface area contributed by atoms with Crippen LogP contribution in [0.5, 0.6) is 0 Å². The van der Waals surface area contributed by atoms with E-state index in [0.29, 0.717) is 0 Å². The highest BCUT2D eigenvalue weighted by molar-refractivity contribution is 9.08. The minimum absolute atomic E-state index is 0.205. The molecule has 0 bridgehead atoms. The highest BCUT2D eigenvalue weighted by atomic mass is 79.9. The summed E-state index contributed by atoms with van der Waals surface area (Å²) in [5.41, 5.74) is 2.89. The zero-order valence-corrected chi connectivity index (χ0v) is 12.3. The summed E-state index contributed by atoms with van der Waals surface area (Å²) in [5, 5.41) is 10.1. The van der Waals surface area contributed by atoms with Crippen molar-refractivity contribution in [2.45, 2.75) is 31.4 Å². The first kappa shape index (κ1) is 13.4. The Morgan fingerprint density at radius 1 is 1.39 bits per heavy atom. The van der Waals surface area contributed by atoms with Gasteiger partial charge in [0, 0.05) is 18.4 Å². The van der Waals surface area contributed by atoms with Gasteiger partial charge in [-0.1, -0.05) is 22.0 Å². The summed E-state index contributed by atoms with van der Waals surface area (Å²) in [6, 6.07) is 8.35. The standard InChI is InChI=1S/C14H17BrN2O/c1-10-8-17(9-11(2)18-10)14-4-3-12(6-15)5-13(14)7-16/h3-5,10-11H,6,8-9H2,1-2H3/t10-,11+. The van der Waals surface area contributed by atoms with Crippen LogP contribution in [0.3, 0.4) is 0 Å². The Balaban J connectivity index is 2.30. The van der Waals surface area contributed by atoms with Crippen LogP contribution in [0.1, 0.15) is 25.0 Å². The Morgan fingerprint density at radius 2 is 2.06 bits per heavy atom. The number of alkyl halides is 1. The molecule has 0 N–H and O–H groups in total. The van der Waals surface area contributed by atoms with Crippen molar-refractivity contribution in [1.82, 2.24) is 0 Å². The molecular weight excluding hydrogens is 292 g/mol. The molecular formula is C14H17BrN2O. The monoisotopic (exact) mass is 308 g/mol. The molecule has 2 rings (SSSR count). The highest BCUT2D eigenvalue weighted by Crippen LogP contribution is 2.25. The average Bonchev–Trinajstić information content (AvgIpc) is 2.36. The van der Waals surface area contributed by atoms with Crippen molar-refractivity contribution in [1.29, 1.82) is 5.26 Å². The van der Waals surface area contributed by atoms with Gasteiger partial charge in [0.15, 0.2) is 0 Å². The van der Waals surface area contributed by atoms with Crippen LogP contribution in [-0.4, -0.2) is 25.3 Å².